The van der Waals surface area contributed by atoms with Crippen molar-refractivity contribution in [1.82, 2.24) is 14.7 Å². The molecule has 0 radical (unpaired) electrons. The van der Waals surface area contributed by atoms with Gasteiger partial charge in [-0.2, -0.15) is 5.10 Å². The lowest BCUT2D eigenvalue weighted by Gasteiger charge is -2.27. The van der Waals surface area contributed by atoms with Crippen molar-refractivity contribution in [2.75, 3.05) is 11.9 Å². The molecule has 0 unspecified atom stereocenters. The number of benzene rings is 1. The number of aromatic nitrogens is 2. The smallest absolute Gasteiger partial charge is 0.245 e. The van der Waals surface area contributed by atoms with Crippen molar-refractivity contribution in [1.29, 1.82) is 0 Å². The first-order chi connectivity index (χ1) is 13.9. The monoisotopic (exact) mass is 412 g/mol. The van der Waals surface area contributed by atoms with Crippen molar-refractivity contribution in [3.05, 3.63) is 41.6 Å². The van der Waals surface area contributed by atoms with Crippen molar-refractivity contribution >= 4 is 17.6 Å². The van der Waals surface area contributed by atoms with Crippen LogP contribution in [0.4, 0.5) is 5.82 Å². The van der Waals surface area contributed by atoms with Crippen LogP contribution in [0.2, 0.25) is 0 Å². The molecule has 164 valence electrons. The van der Waals surface area contributed by atoms with Crippen molar-refractivity contribution < 1.29 is 9.59 Å². The second-order valence-electron chi connectivity index (χ2n) is 9.67. The number of nitrogens with one attached hydrogen (secondary N) is 1. The maximum Gasteiger partial charge on any atom is 0.245 e. The first kappa shape index (κ1) is 23.6. The Balaban J connectivity index is 2.29. The van der Waals surface area contributed by atoms with Gasteiger partial charge in [-0.15, -0.1) is 0 Å². The van der Waals surface area contributed by atoms with E-state index in [0.29, 0.717) is 12.2 Å². The summed E-state index contributed by atoms with van der Waals surface area (Å²) in [5.74, 6) is 0.625. The summed E-state index contributed by atoms with van der Waals surface area (Å²) in [7, 11) is 0. The Kier molecular flexibility index (Phi) is 7.45. The maximum atomic E-state index is 12.9. The third kappa shape index (κ3) is 6.18. The minimum absolute atomic E-state index is 0.00225. The molecule has 0 spiro atoms. The second-order valence-corrected chi connectivity index (χ2v) is 9.67. The maximum absolute atomic E-state index is 12.9. The van der Waals surface area contributed by atoms with Crippen LogP contribution in [-0.4, -0.2) is 39.1 Å². The molecule has 1 heterocycles. The van der Waals surface area contributed by atoms with Crippen LogP contribution < -0.4 is 5.32 Å². The van der Waals surface area contributed by atoms with E-state index in [1.165, 1.54) is 0 Å². The fraction of sp³-hybridized carbons (Fsp3) is 0.542. The summed E-state index contributed by atoms with van der Waals surface area (Å²) in [5.41, 5.74) is 2.76. The van der Waals surface area contributed by atoms with Crippen molar-refractivity contribution in [2.24, 2.45) is 5.92 Å². The highest BCUT2D eigenvalue weighted by Crippen LogP contribution is 2.26. The van der Waals surface area contributed by atoms with Gasteiger partial charge in [0.25, 0.3) is 0 Å². The van der Waals surface area contributed by atoms with Gasteiger partial charge in [0.15, 0.2) is 0 Å². The predicted octanol–water partition coefficient (Wildman–Crippen LogP) is 4.70. The molecule has 2 amide bonds. The molecule has 1 aromatic heterocycles. The van der Waals surface area contributed by atoms with Crippen LogP contribution in [0.3, 0.4) is 0 Å². The molecule has 0 bridgehead atoms. The zero-order valence-corrected chi connectivity index (χ0v) is 19.6. The number of hydrogen-bond acceptors (Lipinski definition) is 3. The third-order valence-corrected chi connectivity index (χ3v) is 4.86. The van der Waals surface area contributed by atoms with Gasteiger partial charge in [-0.05, 0) is 38.8 Å². The van der Waals surface area contributed by atoms with E-state index in [2.05, 4.69) is 26.1 Å². The SMILES string of the molecule is Cc1ccc(-n2nc(C(C)(C)C)cc2NC(=O)CN(C(=O)CC(C)C)C(C)C)cc1. The van der Waals surface area contributed by atoms with Crippen molar-refractivity contribution in [3.63, 3.8) is 0 Å². The van der Waals surface area contributed by atoms with Crippen LogP contribution in [0.5, 0.6) is 0 Å². The van der Waals surface area contributed by atoms with Crippen molar-refractivity contribution in [2.45, 2.75) is 73.3 Å². The van der Waals surface area contributed by atoms with Gasteiger partial charge >= 0.3 is 0 Å². The van der Waals surface area contributed by atoms with Gasteiger partial charge in [0.05, 0.1) is 11.4 Å². The summed E-state index contributed by atoms with van der Waals surface area (Å²) < 4.78 is 1.76. The Hall–Kier alpha value is -2.63. The zero-order valence-electron chi connectivity index (χ0n) is 19.6. The summed E-state index contributed by atoms with van der Waals surface area (Å²) in [6, 6.07) is 9.87. The average molecular weight is 413 g/mol. The van der Waals surface area contributed by atoms with E-state index in [9.17, 15) is 9.59 Å². The topological polar surface area (TPSA) is 67.2 Å². The molecule has 0 aliphatic heterocycles. The fourth-order valence-electron chi connectivity index (χ4n) is 3.08. The zero-order chi connectivity index (χ0) is 22.6. The number of aryl methyl sites for hydroxylation is 1. The van der Waals surface area contributed by atoms with E-state index in [0.717, 1.165) is 16.9 Å². The number of carbonyl (C=O) groups excluding carboxylic acids is 2. The summed E-state index contributed by atoms with van der Waals surface area (Å²) in [5, 5.41) is 7.72. The summed E-state index contributed by atoms with van der Waals surface area (Å²) >= 11 is 0. The van der Waals surface area contributed by atoms with E-state index in [1.54, 1.807) is 9.58 Å². The fourth-order valence-corrected chi connectivity index (χ4v) is 3.08. The van der Waals surface area contributed by atoms with Crippen LogP contribution in [0.15, 0.2) is 30.3 Å². The third-order valence-electron chi connectivity index (χ3n) is 4.86. The van der Waals surface area contributed by atoms with Crippen LogP contribution >= 0.6 is 0 Å². The molecule has 2 rings (SSSR count). The molecule has 2 aromatic rings. The Labute approximate surface area is 180 Å². The molecule has 6 heteroatoms. The van der Waals surface area contributed by atoms with E-state index in [4.69, 9.17) is 5.10 Å². The number of anilines is 1. The molecule has 1 aromatic carbocycles. The number of amides is 2. The van der Waals surface area contributed by atoms with Crippen LogP contribution in [-0.2, 0) is 15.0 Å². The van der Waals surface area contributed by atoms with Gasteiger partial charge in [0, 0.05) is 23.9 Å². The molecular weight excluding hydrogens is 376 g/mol. The van der Waals surface area contributed by atoms with E-state index >= 15 is 0 Å². The largest absolute Gasteiger partial charge is 0.331 e. The molecule has 30 heavy (non-hydrogen) atoms. The second kappa shape index (κ2) is 9.45. The first-order valence-corrected chi connectivity index (χ1v) is 10.7. The lowest BCUT2D eigenvalue weighted by atomic mass is 9.92. The highest BCUT2D eigenvalue weighted by Gasteiger charge is 2.24. The Morgan fingerprint density at radius 2 is 1.70 bits per heavy atom. The van der Waals surface area contributed by atoms with E-state index in [1.807, 2.05) is 65.0 Å². The Morgan fingerprint density at radius 3 is 2.20 bits per heavy atom. The standard InChI is InChI=1S/C24H36N4O2/c1-16(2)13-23(30)27(17(3)4)15-22(29)25-21-14-20(24(6,7)8)26-28(21)19-11-9-18(5)10-12-19/h9-12,14,16-17H,13,15H2,1-8H3,(H,25,29). The predicted molar refractivity (Wildman–Crippen MR) is 122 cm³/mol. The van der Waals surface area contributed by atoms with Crippen LogP contribution in [0.1, 0.15) is 66.1 Å². The summed E-state index contributed by atoms with van der Waals surface area (Å²) in [6.07, 6.45) is 0.431. The first-order valence-electron chi connectivity index (χ1n) is 10.7. The molecular formula is C24H36N4O2. The highest BCUT2D eigenvalue weighted by atomic mass is 16.2. The molecule has 0 aliphatic carbocycles. The molecule has 0 aliphatic rings. The van der Waals surface area contributed by atoms with Gasteiger partial charge in [0.2, 0.25) is 11.8 Å². The minimum Gasteiger partial charge on any atom is -0.331 e. The number of hydrogen-bond donors (Lipinski definition) is 1. The number of carbonyl (C=O) groups is 2. The Morgan fingerprint density at radius 1 is 1.10 bits per heavy atom. The molecule has 0 saturated heterocycles. The summed E-state index contributed by atoms with van der Waals surface area (Å²) in [6.45, 7) is 16.2. The van der Waals surface area contributed by atoms with Gasteiger partial charge in [0.1, 0.15) is 12.4 Å². The number of rotatable bonds is 7. The molecule has 6 nitrogen and oxygen atoms in total. The van der Waals surface area contributed by atoms with Gasteiger partial charge < -0.3 is 10.2 Å². The van der Waals surface area contributed by atoms with Gasteiger partial charge in [-0.1, -0.05) is 52.3 Å². The molecule has 0 atom stereocenters. The van der Waals surface area contributed by atoms with E-state index in [-0.39, 0.29) is 35.7 Å². The highest BCUT2D eigenvalue weighted by molar-refractivity contribution is 5.94. The average Bonchev–Trinajstić information content (AvgIpc) is 3.03. The van der Waals surface area contributed by atoms with Crippen LogP contribution in [0.25, 0.3) is 5.69 Å². The quantitative estimate of drug-likeness (QED) is 0.717. The van der Waals surface area contributed by atoms with E-state index < -0.39 is 0 Å². The van der Waals surface area contributed by atoms with Crippen LogP contribution in [0, 0.1) is 12.8 Å². The lowest BCUT2D eigenvalue weighted by molar-refractivity contribution is -0.137. The normalized spacial score (nSPS) is 11.8. The Bertz CT molecular complexity index is 874. The molecule has 1 N–H and O–H groups in total. The summed E-state index contributed by atoms with van der Waals surface area (Å²) in [4.78, 5) is 27.1. The lowest BCUT2D eigenvalue weighted by Crippen LogP contribution is -2.42. The van der Waals surface area contributed by atoms with Crippen molar-refractivity contribution in [3.8, 4) is 5.69 Å². The van der Waals surface area contributed by atoms with Gasteiger partial charge in [-0.25, -0.2) is 4.68 Å². The molecule has 0 saturated carbocycles. The molecule has 0 fully saturated rings. The minimum atomic E-state index is -0.227. The number of nitrogens with zero attached hydrogens (tertiary/aromatic N) is 3. The van der Waals surface area contributed by atoms with Gasteiger partial charge in [-0.3, -0.25) is 9.59 Å².